The van der Waals surface area contributed by atoms with E-state index in [4.69, 9.17) is 21.1 Å². The van der Waals surface area contributed by atoms with Gasteiger partial charge in [0.05, 0.1) is 30.4 Å². The highest BCUT2D eigenvalue weighted by atomic mass is 79.9. The van der Waals surface area contributed by atoms with Crippen molar-refractivity contribution in [2.45, 2.75) is 20.4 Å². The number of hydrogen-bond donors (Lipinski definition) is 1. The molecule has 0 aliphatic carbocycles. The number of hydrazone groups is 1. The fourth-order valence-corrected chi connectivity index (χ4v) is 2.77. The number of nitrogens with one attached hydrogen (secondary N) is 1. The van der Waals surface area contributed by atoms with Crippen molar-refractivity contribution in [3.63, 3.8) is 0 Å². The van der Waals surface area contributed by atoms with Gasteiger partial charge >= 0.3 is 0 Å². The number of nitrogens with zero attached hydrogens (tertiary/aromatic N) is 1. The van der Waals surface area contributed by atoms with Crippen molar-refractivity contribution in [1.82, 2.24) is 5.43 Å². The molecule has 2 aromatic carbocycles. The van der Waals surface area contributed by atoms with Gasteiger partial charge in [-0.25, -0.2) is 0 Å². The second-order valence-corrected chi connectivity index (χ2v) is 6.21. The molecule has 0 spiro atoms. The van der Waals surface area contributed by atoms with E-state index in [1.807, 2.05) is 50.2 Å². The Kier molecular flexibility index (Phi) is 7.40. The van der Waals surface area contributed by atoms with Gasteiger partial charge in [-0.05, 0) is 65.2 Å². The molecule has 0 atom stereocenters. The molecule has 2 aromatic rings. The number of hydrogen-bond acceptors (Lipinski definition) is 4. The van der Waals surface area contributed by atoms with Crippen LogP contribution in [-0.4, -0.2) is 19.4 Å². The third-order valence-electron chi connectivity index (χ3n) is 3.12. The lowest BCUT2D eigenvalue weighted by atomic mass is 10.2. The van der Waals surface area contributed by atoms with Crippen molar-refractivity contribution < 1.29 is 9.47 Å². The fourth-order valence-electron chi connectivity index (χ4n) is 2.07. The summed E-state index contributed by atoms with van der Waals surface area (Å²) in [4.78, 5) is 0. The Balaban J connectivity index is 2.04. The number of ether oxygens (including phenoxy) is 2. The third-order valence-corrected chi connectivity index (χ3v) is 3.96. The summed E-state index contributed by atoms with van der Waals surface area (Å²) in [7, 11) is 0. The molecule has 0 amide bonds. The van der Waals surface area contributed by atoms with Gasteiger partial charge in [0.1, 0.15) is 0 Å². The highest BCUT2D eigenvalue weighted by Gasteiger charge is 2.11. The molecule has 4 nitrogen and oxygen atoms in total. The monoisotopic (exact) mass is 410 g/mol. The smallest absolute Gasteiger partial charge is 0.175 e. The molecule has 0 saturated carbocycles. The third kappa shape index (κ3) is 5.42. The molecule has 0 saturated heterocycles. The van der Waals surface area contributed by atoms with E-state index in [2.05, 4.69) is 26.5 Å². The molecule has 2 rings (SSSR count). The highest BCUT2D eigenvalue weighted by Crippen LogP contribution is 2.36. The lowest BCUT2D eigenvalue weighted by Crippen LogP contribution is -2.05. The summed E-state index contributed by atoms with van der Waals surface area (Å²) in [6.07, 6.45) is 1.75. The van der Waals surface area contributed by atoms with Crippen LogP contribution in [0.1, 0.15) is 25.0 Å². The SMILES string of the molecule is CCOc1cc(/C=N\NCc2ccc(Cl)cc2)cc(Br)c1OCC. The molecule has 24 heavy (non-hydrogen) atoms. The topological polar surface area (TPSA) is 42.8 Å². The van der Waals surface area contributed by atoms with Crippen LogP contribution in [0.2, 0.25) is 5.02 Å². The van der Waals surface area contributed by atoms with E-state index < -0.39 is 0 Å². The summed E-state index contributed by atoms with van der Waals surface area (Å²) in [5.41, 5.74) is 5.04. The van der Waals surface area contributed by atoms with Gasteiger partial charge in [-0.2, -0.15) is 5.10 Å². The van der Waals surface area contributed by atoms with Gasteiger partial charge in [-0.15, -0.1) is 0 Å². The molecule has 128 valence electrons. The molecule has 0 aliphatic heterocycles. The van der Waals surface area contributed by atoms with Crippen LogP contribution in [0.5, 0.6) is 11.5 Å². The second kappa shape index (κ2) is 9.55. The first-order valence-corrected chi connectivity index (χ1v) is 8.90. The summed E-state index contributed by atoms with van der Waals surface area (Å²) < 4.78 is 12.1. The summed E-state index contributed by atoms with van der Waals surface area (Å²) >= 11 is 9.39. The molecular formula is C18H20BrClN2O2. The van der Waals surface area contributed by atoms with Crippen molar-refractivity contribution in [3.8, 4) is 11.5 Å². The average molecular weight is 412 g/mol. The predicted octanol–water partition coefficient (Wildman–Crippen LogP) is 5.02. The Morgan fingerprint density at radius 1 is 1.12 bits per heavy atom. The lowest BCUT2D eigenvalue weighted by molar-refractivity contribution is 0.286. The van der Waals surface area contributed by atoms with Crippen LogP contribution in [0, 0.1) is 0 Å². The van der Waals surface area contributed by atoms with Gasteiger partial charge in [0, 0.05) is 5.02 Å². The molecule has 0 bridgehead atoms. The highest BCUT2D eigenvalue weighted by molar-refractivity contribution is 9.10. The Hall–Kier alpha value is -1.72. The van der Waals surface area contributed by atoms with Crippen molar-refractivity contribution in [1.29, 1.82) is 0 Å². The standard InChI is InChI=1S/C18H20BrClN2O2/c1-3-23-17-10-14(9-16(19)18(17)24-4-2)12-22-21-11-13-5-7-15(20)8-6-13/h5-10,12,21H,3-4,11H2,1-2H3/b22-12-. The largest absolute Gasteiger partial charge is 0.490 e. The number of rotatable bonds is 8. The van der Waals surface area contributed by atoms with E-state index >= 15 is 0 Å². The fraction of sp³-hybridized carbons (Fsp3) is 0.278. The Morgan fingerprint density at radius 3 is 2.50 bits per heavy atom. The summed E-state index contributed by atoms with van der Waals surface area (Å²) in [5.74, 6) is 1.42. The van der Waals surface area contributed by atoms with Crippen LogP contribution in [0.25, 0.3) is 0 Å². The molecule has 0 radical (unpaired) electrons. The van der Waals surface area contributed by atoms with Gasteiger partial charge in [-0.3, -0.25) is 0 Å². The lowest BCUT2D eigenvalue weighted by Gasteiger charge is -2.13. The minimum atomic E-state index is 0.571. The van der Waals surface area contributed by atoms with Crippen molar-refractivity contribution >= 4 is 33.7 Å². The average Bonchev–Trinajstić information content (AvgIpc) is 2.57. The summed E-state index contributed by atoms with van der Waals surface area (Å²) in [5, 5.41) is 4.98. The predicted molar refractivity (Wildman–Crippen MR) is 102 cm³/mol. The zero-order valence-corrected chi connectivity index (χ0v) is 16.0. The Morgan fingerprint density at radius 2 is 1.83 bits per heavy atom. The first-order valence-electron chi connectivity index (χ1n) is 7.73. The molecule has 6 heteroatoms. The van der Waals surface area contributed by atoms with E-state index in [9.17, 15) is 0 Å². The zero-order valence-electron chi connectivity index (χ0n) is 13.7. The van der Waals surface area contributed by atoms with Crippen LogP contribution in [0.3, 0.4) is 0 Å². The van der Waals surface area contributed by atoms with E-state index in [1.54, 1.807) is 6.21 Å². The molecule has 0 heterocycles. The maximum absolute atomic E-state index is 5.87. The second-order valence-electron chi connectivity index (χ2n) is 4.92. The Labute approximate surface area is 155 Å². The van der Waals surface area contributed by atoms with Gasteiger partial charge in [-0.1, -0.05) is 23.7 Å². The summed E-state index contributed by atoms with van der Waals surface area (Å²) in [6.45, 7) is 5.66. The first kappa shape index (κ1) is 18.6. The first-order chi connectivity index (χ1) is 11.6. The Bertz CT molecular complexity index is 690. The molecule has 0 fully saturated rings. The molecule has 1 N–H and O–H groups in total. The van der Waals surface area contributed by atoms with Crippen molar-refractivity contribution in [3.05, 3.63) is 57.0 Å². The minimum absolute atomic E-state index is 0.571. The van der Waals surface area contributed by atoms with E-state index in [0.29, 0.717) is 31.3 Å². The van der Waals surface area contributed by atoms with Crippen LogP contribution >= 0.6 is 27.5 Å². The molecule has 0 unspecified atom stereocenters. The summed E-state index contributed by atoms with van der Waals surface area (Å²) in [6, 6.07) is 11.5. The zero-order chi connectivity index (χ0) is 17.4. The van der Waals surface area contributed by atoms with Crippen molar-refractivity contribution in [2.75, 3.05) is 13.2 Å². The molecule has 0 aromatic heterocycles. The normalized spacial score (nSPS) is 10.8. The maximum atomic E-state index is 5.87. The van der Waals surface area contributed by atoms with E-state index in [1.165, 1.54) is 0 Å². The van der Waals surface area contributed by atoms with Crippen LogP contribution in [-0.2, 0) is 6.54 Å². The molecule has 0 aliphatic rings. The quantitative estimate of drug-likeness (QED) is 0.490. The van der Waals surface area contributed by atoms with Gasteiger partial charge < -0.3 is 14.9 Å². The molecular weight excluding hydrogens is 392 g/mol. The van der Waals surface area contributed by atoms with Gasteiger partial charge in [0.15, 0.2) is 11.5 Å². The van der Waals surface area contributed by atoms with Crippen molar-refractivity contribution in [2.24, 2.45) is 5.10 Å². The number of halogens is 2. The van der Waals surface area contributed by atoms with Crippen LogP contribution in [0.4, 0.5) is 0 Å². The van der Waals surface area contributed by atoms with E-state index in [-0.39, 0.29) is 0 Å². The van der Waals surface area contributed by atoms with Gasteiger partial charge in [0.25, 0.3) is 0 Å². The van der Waals surface area contributed by atoms with Crippen LogP contribution < -0.4 is 14.9 Å². The maximum Gasteiger partial charge on any atom is 0.175 e. The van der Waals surface area contributed by atoms with E-state index in [0.717, 1.165) is 20.6 Å². The van der Waals surface area contributed by atoms with Crippen LogP contribution in [0.15, 0.2) is 46.0 Å². The number of benzene rings is 2. The minimum Gasteiger partial charge on any atom is -0.490 e. The van der Waals surface area contributed by atoms with Gasteiger partial charge in [0.2, 0.25) is 0 Å².